The Morgan fingerprint density at radius 2 is 0.634 bits per heavy atom. The molecule has 0 aromatic heterocycles. The molecule has 418 valence electrons. The smallest absolute Gasteiger partial charge is 0.189 e. The van der Waals surface area contributed by atoms with Crippen LogP contribution in [0.3, 0.4) is 0 Å². The third-order valence-electron chi connectivity index (χ3n) is 9.10. The van der Waals surface area contributed by atoms with E-state index < -0.39 is 181 Å². The predicted octanol–water partition coefficient (Wildman–Crippen LogP) is 15.0. The van der Waals surface area contributed by atoms with Crippen LogP contribution >= 0.6 is 20.6 Å². The molecule has 4 nitrogen and oxygen atoms in total. The molecule has 1 aromatic carbocycles. The fourth-order valence-electron chi connectivity index (χ4n) is 5.14. The van der Waals surface area contributed by atoms with Crippen LogP contribution in [-0.4, -0.2) is 107 Å². The molecular formula is C32H21F34IO4. The van der Waals surface area contributed by atoms with E-state index >= 15 is 0 Å². The van der Waals surface area contributed by atoms with Gasteiger partial charge in [-0.2, -0.15) is 61.5 Å². The SMILES string of the molecule is CC(=O)OI(OC(C)=O)c1ccc(CCCC(F)(F)C(F)(F)C(F)(F)C(F)(F)C(F)(F)C(F)(F)C(F)(F)C(F)(F)F)cc1CCCC(F)(F)C(F)(F)C(F)(F)C(F)(F)C(F)(F)C(F)(F)C(F)(F)C(F)(F)F. The quantitative estimate of drug-likeness (QED) is 0.0809. The molecule has 0 atom stereocenters. The molecule has 0 radical (unpaired) electrons. The van der Waals surface area contributed by atoms with E-state index in [1.54, 1.807) is 0 Å². The molecule has 39 heteroatoms. The Balaban J connectivity index is 3.73. The van der Waals surface area contributed by atoms with Gasteiger partial charge >= 0.3 is 317 Å². The van der Waals surface area contributed by atoms with Gasteiger partial charge in [0.2, 0.25) is 0 Å². The average Bonchev–Trinajstić information content (AvgIpc) is 3.15. The van der Waals surface area contributed by atoms with Gasteiger partial charge in [-0.1, -0.05) is 0 Å². The van der Waals surface area contributed by atoms with Gasteiger partial charge in [0.05, 0.1) is 0 Å². The van der Waals surface area contributed by atoms with Crippen LogP contribution in [0.15, 0.2) is 18.2 Å². The third-order valence-corrected chi connectivity index (χ3v) is 13.1. The first-order valence-corrected chi connectivity index (χ1v) is 20.2. The zero-order chi connectivity index (χ0) is 57.2. The summed E-state index contributed by atoms with van der Waals surface area (Å²) in [6.45, 7) is 1.04. The standard InChI is InChI=1S/C32H21F34IO4/c1-12(68)70-67(71-13(2)69)16-8-7-14(5-3-9-17(33,34)19(37,38)21(41,42)23(45,46)25(49,50)27(53,54)29(57,58)31(61,62)63)11-15(16)6-4-10-18(35,36)20(39,40)22(43,44)24(47,48)26(51,52)28(55,56)30(59,60)32(64,65)66/h7-8,11H,3-6,9-10H2,1-2H3. The minimum absolute atomic E-state index is 0.262. The van der Waals surface area contributed by atoms with Gasteiger partial charge < -0.3 is 0 Å². The zero-order valence-electron chi connectivity index (χ0n) is 33.3. The molecule has 0 fully saturated rings. The van der Waals surface area contributed by atoms with Crippen molar-refractivity contribution in [2.24, 2.45) is 0 Å². The molecule has 0 bridgehead atoms. The van der Waals surface area contributed by atoms with Gasteiger partial charge in [0, 0.05) is 0 Å². The van der Waals surface area contributed by atoms with Crippen molar-refractivity contribution in [1.82, 2.24) is 0 Å². The van der Waals surface area contributed by atoms with E-state index in [4.69, 9.17) is 0 Å². The number of carbonyl (C=O) groups excluding carboxylic acids is 2. The summed E-state index contributed by atoms with van der Waals surface area (Å²) in [4.78, 5) is 23.2. The van der Waals surface area contributed by atoms with E-state index in [1.807, 2.05) is 0 Å². The number of rotatable bonds is 23. The third kappa shape index (κ3) is 10.6. The Hall–Kier alpha value is -3.49. The fraction of sp³-hybridized carbons (Fsp3) is 0.750. The Morgan fingerprint density at radius 1 is 0.380 bits per heavy atom. The minimum atomic E-state index is -9.00. The van der Waals surface area contributed by atoms with Gasteiger partial charge in [-0.05, 0) is 0 Å². The summed E-state index contributed by atoms with van der Waals surface area (Å²) in [6, 6.07) is 1.13. The topological polar surface area (TPSA) is 52.6 Å². The van der Waals surface area contributed by atoms with Gasteiger partial charge in [-0.25, -0.2) is 0 Å². The maximum atomic E-state index is 14.6. The van der Waals surface area contributed by atoms with Crippen LogP contribution in [0.25, 0.3) is 0 Å². The first kappa shape index (κ1) is 65.5. The maximum absolute atomic E-state index is 14.6. The fourth-order valence-corrected chi connectivity index (χ4v) is 8.30. The van der Waals surface area contributed by atoms with E-state index in [-0.39, 0.29) is 6.07 Å². The van der Waals surface area contributed by atoms with Crippen LogP contribution in [0.5, 0.6) is 0 Å². The van der Waals surface area contributed by atoms with Crippen LogP contribution < -0.4 is 0 Å². The normalized spacial score (nSPS) is 15.7. The van der Waals surface area contributed by atoms with Crippen LogP contribution in [0.1, 0.15) is 50.7 Å². The summed E-state index contributed by atoms with van der Waals surface area (Å²) in [5.41, 5.74) is -1.90. The molecule has 0 amide bonds. The number of hydrogen-bond acceptors (Lipinski definition) is 4. The van der Waals surface area contributed by atoms with Crippen molar-refractivity contribution >= 4 is 32.6 Å². The van der Waals surface area contributed by atoms with Crippen LogP contribution in [0.4, 0.5) is 149 Å². The number of halogens is 35. The average molecular weight is 1240 g/mol. The van der Waals surface area contributed by atoms with Gasteiger partial charge in [-0.3, -0.25) is 0 Å². The summed E-state index contributed by atoms with van der Waals surface area (Å²) >= 11 is -4.53. The van der Waals surface area contributed by atoms with Crippen molar-refractivity contribution in [1.29, 1.82) is 0 Å². The van der Waals surface area contributed by atoms with E-state index in [0.29, 0.717) is 26.0 Å². The summed E-state index contributed by atoms with van der Waals surface area (Å²) in [7, 11) is 0. The van der Waals surface area contributed by atoms with E-state index in [2.05, 4.69) is 6.13 Å². The second-order valence-corrected chi connectivity index (χ2v) is 17.6. The van der Waals surface area contributed by atoms with Crippen molar-refractivity contribution in [2.75, 3.05) is 0 Å². The second-order valence-electron chi connectivity index (χ2n) is 14.3. The van der Waals surface area contributed by atoms with Crippen molar-refractivity contribution in [3.05, 3.63) is 32.9 Å². The van der Waals surface area contributed by atoms with Gasteiger partial charge in [0.25, 0.3) is 0 Å². The number of benzene rings is 1. The van der Waals surface area contributed by atoms with Crippen LogP contribution in [0, 0.1) is 3.57 Å². The monoisotopic (exact) mass is 1240 g/mol. The van der Waals surface area contributed by atoms with E-state index in [9.17, 15) is 159 Å². The minimum Gasteiger partial charge on any atom is -0.189 e. The number of alkyl halides is 34. The molecule has 71 heavy (non-hydrogen) atoms. The van der Waals surface area contributed by atoms with Crippen molar-refractivity contribution in [2.45, 2.75) is 148 Å². The molecule has 0 heterocycles. The second kappa shape index (κ2) is 19.3. The summed E-state index contributed by atoms with van der Waals surface area (Å²) in [5, 5.41) is 0. The summed E-state index contributed by atoms with van der Waals surface area (Å²) in [6.07, 6.45) is -29.4. The Bertz CT molecular complexity index is 2040. The van der Waals surface area contributed by atoms with Crippen LogP contribution in [0.2, 0.25) is 0 Å². The summed E-state index contributed by atoms with van der Waals surface area (Å²) < 4.78 is 473. The first-order valence-electron chi connectivity index (χ1n) is 17.4. The Morgan fingerprint density at radius 3 is 0.901 bits per heavy atom. The summed E-state index contributed by atoms with van der Waals surface area (Å²) in [5.74, 6) is -121. The predicted molar refractivity (Wildman–Crippen MR) is 170 cm³/mol. The molecule has 1 aromatic rings. The van der Waals surface area contributed by atoms with Crippen LogP contribution in [-0.2, 0) is 28.6 Å². The first-order chi connectivity index (χ1) is 30.8. The molecule has 0 aliphatic carbocycles. The Kier molecular flexibility index (Phi) is 17.8. The van der Waals surface area contributed by atoms with Crippen molar-refractivity contribution in [3.63, 3.8) is 0 Å². The molecule has 0 saturated carbocycles. The molecule has 1 rings (SSSR count). The molecule has 0 N–H and O–H groups in total. The molecule has 0 unspecified atom stereocenters. The van der Waals surface area contributed by atoms with E-state index in [0.717, 1.165) is 0 Å². The zero-order valence-corrected chi connectivity index (χ0v) is 35.5. The van der Waals surface area contributed by atoms with E-state index in [1.165, 1.54) is 0 Å². The number of carbonyl (C=O) groups is 2. The molecule has 0 aliphatic heterocycles. The molecule has 0 saturated heterocycles. The molecular weight excluding hydrogens is 1220 g/mol. The van der Waals surface area contributed by atoms with Gasteiger partial charge in [-0.15, -0.1) is 0 Å². The van der Waals surface area contributed by atoms with Crippen molar-refractivity contribution in [3.8, 4) is 0 Å². The number of aryl methyl sites for hydroxylation is 2. The van der Waals surface area contributed by atoms with Gasteiger partial charge in [0.15, 0.2) is 0 Å². The van der Waals surface area contributed by atoms with Crippen molar-refractivity contribution < 1.29 is 165 Å². The molecule has 0 aliphatic rings. The van der Waals surface area contributed by atoms with Gasteiger partial charge in [0.1, 0.15) is 0 Å². The Labute approximate surface area is 378 Å². The number of hydrogen-bond donors (Lipinski definition) is 0. The molecule has 0 spiro atoms.